The highest BCUT2D eigenvalue weighted by Gasteiger charge is 2.15. The molecule has 0 aromatic heterocycles. The first kappa shape index (κ1) is 13.3. The summed E-state index contributed by atoms with van der Waals surface area (Å²) in [5.41, 5.74) is 1.42. The lowest BCUT2D eigenvalue weighted by Gasteiger charge is -2.06. The Kier molecular flexibility index (Phi) is 4.57. The molecule has 0 saturated heterocycles. The molecule has 2 N–H and O–H groups in total. The van der Waals surface area contributed by atoms with Crippen LogP contribution >= 0.6 is 35.3 Å². The number of carbonyl (C=O) groups excluding carboxylic acids is 2. The SMILES string of the molecule is O=C1C=C(NC(=O)SNc2ccc(Cl)cc2)CS1. The van der Waals surface area contributed by atoms with Gasteiger partial charge in [-0.1, -0.05) is 23.4 Å². The number of carbonyl (C=O) groups is 2. The van der Waals surface area contributed by atoms with E-state index in [0.29, 0.717) is 16.5 Å². The van der Waals surface area contributed by atoms with Gasteiger partial charge in [-0.3, -0.25) is 9.59 Å². The molecule has 1 aliphatic rings. The van der Waals surface area contributed by atoms with Gasteiger partial charge >= 0.3 is 5.24 Å². The largest absolute Gasteiger partial charge is 0.322 e. The van der Waals surface area contributed by atoms with Crippen LogP contribution in [0, 0.1) is 0 Å². The first-order chi connectivity index (χ1) is 8.63. The fourth-order valence-corrected chi connectivity index (χ4v) is 2.56. The fourth-order valence-electron chi connectivity index (χ4n) is 1.23. The van der Waals surface area contributed by atoms with Crippen molar-refractivity contribution in [3.8, 4) is 0 Å². The van der Waals surface area contributed by atoms with Gasteiger partial charge in [-0.2, -0.15) is 0 Å². The van der Waals surface area contributed by atoms with Crippen molar-refractivity contribution in [1.82, 2.24) is 5.32 Å². The van der Waals surface area contributed by atoms with Crippen LogP contribution in [0.15, 0.2) is 36.0 Å². The van der Waals surface area contributed by atoms with Gasteiger partial charge in [0, 0.05) is 40.2 Å². The summed E-state index contributed by atoms with van der Waals surface area (Å²) in [4.78, 5) is 22.5. The highest BCUT2D eigenvalue weighted by molar-refractivity contribution is 8.15. The maximum atomic E-state index is 11.5. The maximum absolute atomic E-state index is 11.5. The minimum absolute atomic E-state index is 0.0269. The molecule has 7 heteroatoms. The molecule has 1 aromatic carbocycles. The second-order valence-corrected chi connectivity index (χ2v) is 5.60. The standard InChI is InChI=1S/C11H9ClN2O2S2/c12-7-1-3-8(4-2-7)14-18-11(16)13-9-5-10(15)17-6-9/h1-5,14H,6H2,(H,13,16). The molecule has 0 radical (unpaired) electrons. The van der Waals surface area contributed by atoms with Crippen molar-refractivity contribution in [1.29, 1.82) is 0 Å². The third kappa shape index (κ3) is 3.97. The molecule has 0 spiro atoms. The zero-order valence-corrected chi connectivity index (χ0v) is 11.5. The molecule has 0 saturated carbocycles. The molecule has 0 aliphatic carbocycles. The lowest BCUT2D eigenvalue weighted by atomic mass is 10.3. The Morgan fingerprint density at radius 1 is 1.33 bits per heavy atom. The first-order valence-electron chi connectivity index (χ1n) is 5.00. The van der Waals surface area contributed by atoms with Crippen LogP contribution in [-0.2, 0) is 4.79 Å². The summed E-state index contributed by atoms with van der Waals surface area (Å²) in [5.74, 6) is 0.520. The highest BCUT2D eigenvalue weighted by Crippen LogP contribution is 2.19. The van der Waals surface area contributed by atoms with E-state index in [9.17, 15) is 9.59 Å². The number of anilines is 1. The van der Waals surface area contributed by atoms with Crippen molar-refractivity contribution >= 4 is 51.4 Å². The molecular formula is C11H9ClN2O2S2. The summed E-state index contributed by atoms with van der Waals surface area (Å²) in [5, 5.41) is 3.00. The Balaban J connectivity index is 1.80. The molecule has 0 atom stereocenters. The second kappa shape index (κ2) is 6.17. The molecule has 4 nitrogen and oxygen atoms in total. The lowest BCUT2D eigenvalue weighted by molar-refractivity contribution is -0.106. The Labute approximate surface area is 118 Å². The van der Waals surface area contributed by atoms with Crippen LogP contribution in [0.2, 0.25) is 5.02 Å². The number of hydrogen-bond donors (Lipinski definition) is 2. The maximum Gasteiger partial charge on any atom is 0.303 e. The number of nitrogens with one attached hydrogen (secondary N) is 2. The summed E-state index contributed by atoms with van der Waals surface area (Å²) < 4.78 is 2.88. The molecular weight excluding hydrogens is 292 g/mol. The van der Waals surface area contributed by atoms with Gasteiger partial charge in [0.2, 0.25) is 5.12 Å². The number of thioether (sulfide) groups is 1. The average Bonchev–Trinajstić information content (AvgIpc) is 2.74. The minimum atomic E-state index is -0.258. The zero-order valence-electron chi connectivity index (χ0n) is 9.10. The zero-order chi connectivity index (χ0) is 13.0. The third-order valence-electron chi connectivity index (χ3n) is 2.03. The summed E-state index contributed by atoms with van der Waals surface area (Å²) in [6.45, 7) is 0. The van der Waals surface area contributed by atoms with Gasteiger partial charge in [0.05, 0.1) is 0 Å². The third-order valence-corrected chi connectivity index (χ3v) is 3.77. The van der Waals surface area contributed by atoms with E-state index in [4.69, 9.17) is 11.6 Å². The topological polar surface area (TPSA) is 58.2 Å². The lowest BCUT2D eigenvalue weighted by Crippen LogP contribution is -2.19. The molecule has 2 rings (SSSR count). The average molecular weight is 301 g/mol. The second-order valence-electron chi connectivity index (χ2n) is 3.40. The number of amides is 1. The van der Waals surface area contributed by atoms with Crippen LogP contribution in [0.4, 0.5) is 10.5 Å². The number of halogens is 1. The summed E-state index contributed by atoms with van der Waals surface area (Å²) in [6.07, 6.45) is 1.44. The smallest absolute Gasteiger partial charge is 0.303 e. The van der Waals surface area contributed by atoms with E-state index in [1.54, 1.807) is 24.3 Å². The molecule has 1 amide bonds. The minimum Gasteiger partial charge on any atom is -0.322 e. The monoisotopic (exact) mass is 300 g/mol. The van der Waals surface area contributed by atoms with E-state index in [2.05, 4.69) is 10.0 Å². The van der Waals surface area contributed by atoms with Crippen LogP contribution in [0.25, 0.3) is 0 Å². The molecule has 0 bridgehead atoms. The van der Waals surface area contributed by atoms with E-state index in [1.807, 2.05) is 0 Å². The van der Waals surface area contributed by atoms with Crippen molar-refractivity contribution in [2.45, 2.75) is 0 Å². The van der Waals surface area contributed by atoms with Gasteiger partial charge in [-0.25, -0.2) is 0 Å². The molecule has 0 fully saturated rings. The van der Waals surface area contributed by atoms with Gasteiger partial charge in [0.15, 0.2) is 0 Å². The quantitative estimate of drug-likeness (QED) is 0.839. The van der Waals surface area contributed by atoms with Crippen LogP contribution in [-0.4, -0.2) is 16.1 Å². The van der Waals surface area contributed by atoms with Gasteiger partial charge in [-0.15, -0.1) is 0 Å². The van der Waals surface area contributed by atoms with Crippen molar-refractivity contribution in [2.75, 3.05) is 10.5 Å². The van der Waals surface area contributed by atoms with Crippen molar-refractivity contribution in [3.05, 3.63) is 41.1 Å². The molecule has 0 unspecified atom stereocenters. The highest BCUT2D eigenvalue weighted by atomic mass is 35.5. The van der Waals surface area contributed by atoms with E-state index in [-0.39, 0.29) is 10.4 Å². The van der Waals surface area contributed by atoms with Gasteiger partial charge in [-0.05, 0) is 24.3 Å². The van der Waals surface area contributed by atoms with E-state index in [1.165, 1.54) is 17.8 Å². The van der Waals surface area contributed by atoms with Crippen LogP contribution < -0.4 is 10.0 Å². The fraction of sp³-hybridized carbons (Fsp3) is 0.0909. The van der Waals surface area contributed by atoms with Gasteiger partial charge in [0.1, 0.15) is 0 Å². The molecule has 1 aliphatic heterocycles. The van der Waals surface area contributed by atoms with Crippen molar-refractivity contribution < 1.29 is 9.59 Å². The summed E-state index contributed by atoms with van der Waals surface area (Å²) in [7, 11) is 0. The van der Waals surface area contributed by atoms with Crippen LogP contribution in [0.3, 0.4) is 0 Å². The molecule has 1 aromatic rings. The Morgan fingerprint density at radius 3 is 2.67 bits per heavy atom. The van der Waals surface area contributed by atoms with E-state index < -0.39 is 0 Å². The Hall–Kier alpha value is -1.11. The number of rotatable bonds is 3. The van der Waals surface area contributed by atoms with Crippen molar-refractivity contribution in [3.63, 3.8) is 0 Å². The number of benzene rings is 1. The summed E-state index contributed by atoms with van der Waals surface area (Å²) in [6, 6.07) is 7.02. The Morgan fingerprint density at radius 2 is 2.06 bits per heavy atom. The van der Waals surface area contributed by atoms with Crippen LogP contribution in [0.1, 0.15) is 0 Å². The van der Waals surface area contributed by atoms with E-state index in [0.717, 1.165) is 17.6 Å². The van der Waals surface area contributed by atoms with E-state index >= 15 is 0 Å². The molecule has 18 heavy (non-hydrogen) atoms. The first-order valence-corrected chi connectivity index (χ1v) is 7.18. The number of hydrogen-bond acceptors (Lipinski definition) is 5. The normalized spacial score (nSPS) is 14.3. The van der Waals surface area contributed by atoms with Gasteiger partial charge in [0.25, 0.3) is 0 Å². The molecule has 94 valence electrons. The predicted octanol–water partition coefficient (Wildman–Crippen LogP) is 3.27. The van der Waals surface area contributed by atoms with Crippen LogP contribution in [0.5, 0.6) is 0 Å². The Bertz CT molecular complexity index is 502. The van der Waals surface area contributed by atoms with Crippen molar-refractivity contribution in [2.24, 2.45) is 0 Å². The predicted molar refractivity (Wildman–Crippen MR) is 76.7 cm³/mol. The van der Waals surface area contributed by atoms with Gasteiger partial charge < -0.3 is 10.0 Å². The molecule has 1 heterocycles. The summed E-state index contributed by atoms with van der Waals surface area (Å²) >= 11 is 7.84.